The standard InChI is InChI=1S/C16H24O2Si2/c1-11(10-13(19)20)14(16(2,3)4)15(17)18-12-8-6-5-7-9-12/h5-10H,1-4,19-20H3. The van der Waals surface area contributed by atoms with Crippen LogP contribution in [-0.2, 0) is 4.79 Å². The molecule has 0 saturated heterocycles. The van der Waals surface area contributed by atoms with Crippen LogP contribution in [0.1, 0.15) is 27.7 Å². The van der Waals surface area contributed by atoms with Crippen LogP contribution in [-0.4, -0.2) is 26.5 Å². The molecule has 0 aliphatic heterocycles. The fourth-order valence-corrected chi connectivity index (χ4v) is 3.08. The third-order valence-electron chi connectivity index (χ3n) is 2.81. The summed E-state index contributed by atoms with van der Waals surface area (Å²) < 4.78 is 5.50. The lowest BCUT2D eigenvalue weighted by Gasteiger charge is -2.23. The summed E-state index contributed by atoms with van der Waals surface area (Å²) in [5.41, 5.74) is 1.55. The Labute approximate surface area is 127 Å². The van der Waals surface area contributed by atoms with Gasteiger partial charge in [-0.3, -0.25) is 0 Å². The van der Waals surface area contributed by atoms with E-state index in [1.54, 1.807) is 12.1 Å². The van der Waals surface area contributed by atoms with Gasteiger partial charge in [0.25, 0.3) is 0 Å². The second-order valence-corrected chi connectivity index (χ2v) is 11.4. The van der Waals surface area contributed by atoms with Gasteiger partial charge in [-0.15, -0.1) is 4.82 Å². The van der Waals surface area contributed by atoms with E-state index < -0.39 is 0 Å². The lowest BCUT2D eigenvalue weighted by atomic mass is 9.83. The molecule has 0 aromatic heterocycles. The molecule has 0 heterocycles. The van der Waals surface area contributed by atoms with Crippen molar-refractivity contribution in [3.05, 3.63) is 52.4 Å². The third-order valence-corrected chi connectivity index (χ3v) is 3.38. The maximum atomic E-state index is 12.5. The largest absolute Gasteiger partial charge is 0.423 e. The summed E-state index contributed by atoms with van der Waals surface area (Å²) in [6.45, 7) is 8.14. The molecule has 0 atom stereocenters. The summed E-state index contributed by atoms with van der Waals surface area (Å²) in [6, 6.07) is 9.23. The zero-order chi connectivity index (χ0) is 15.3. The van der Waals surface area contributed by atoms with Gasteiger partial charge in [-0.25, -0.2) is 4.79 Å². The van der Waals surface area contributed by atoms with Crippen molar-refractivity contribution in [2.24, 2.45) is 5.41 Å². The number of carbonyl (C=O) groups is 1. The predicted molar refractivity (Wildman–Crippen MR) is 92.2 cm³/mol. The van der Waals surface area contributed by atoms with Crippen LogP contribution >= 0.6 is 0 Å². The van der Waals surface area contributed by atoms with Crippen molar-refractivity contribution in [3.8, 4) is 5.75 Å². The van der Waals surface area contributed by atoms with Crippen molar-refractivity contribution in [3.63, 3.8) is 0 Å². The van der Waals surface area contributed by atoms with Crippen LogP contribution in [0.15, 0.2) is 52.4 Å². The molecule has 0 amide bonds. The summed E-state index contributed by atoms with van der Waals surface area (Å²) in [5.74, 6) is 0.343. The van der Waals surface area contributed by atoms with Gasteiger partial charge in [-0.05, 0) is 30.0 Å². The second kappa shape index (κ2) is 6.86. The molecule has 0 aliphatic carbocycles. The van der Waals surface area contributed by atoms with Crippen LogP contribution in [0.25, 0.3) is 0 Å². The fraction of sp³-hybridized carbons (Fsp3) is 0.312. The van der Waals surface area contributed by atoms with Crippen molar-refractivity contribution < 1.29 is 9.53 Å². The molecule has 0 aliphatic rings. The number of ether oxygens (including phenoxy) is 1. The van der Waals surface area contributed by atoms with E-state index in [4.69, 9.17) is 4.74 Å². The predicted octanol–water partition coefficient (Wildman–Crippen LogP) is 1.53. The number of esters is 1. The zero-order valence-corrected chi connectivity index (χ0v) is 17.3. The van der Waals surface area contributed by atoms with Crippen LogP contribution in [0.5, 0.6) is 5.75 Å². The first-order valence-electron chi connectivity index (χ1n) is 6.85. The van der Waals surface area contributed by atoms with E-state index in [0.29, 0.717) is 5.75 Å². The number of benzene rings is 1. The highest BCUT2D eigenvalue weighted by Crippen LogP contribution is 2.30. The molecule has 108 valence electrons. The van der Waals surface area contributed by atoms with Crippen molar-refractivity contribution in [1.29, 1.82) is 0 Å². The zero-order valence-electron chi connectivity index (χ0n) is 13.3. The highest BCUT2D eigenvalue weighted by atomic mass is 28.2. The second-order valence-electron chi connectivity index (χ2n) is 6.23. The number of hydrogen-bond acceptors (Lipinski definition) is 2. The number of carbonyl (C=O) groups excluding carboxylic acids is 1. The van der Waals surface area contributed by atoms with Gasteiger partial charge >= 0.3 is 5.97 Å². The minimum atomic E-state index is -0.248. The molecule has 2 nitrogen and oxygen atoms in total. The van der Waals surface area contributed by atoms with Crippen LogP contribution in [0.4, 0.5) is 0 Å². The van der Waals surface area contributed by atoms with Gasteiger partial charge in [0.05, 0.1) is 0 Å². The lowest BCUT2D eigenvalue weighted by Crippen LogP contribution is -2.23. The Kier molecular flexibility index (Phi) is 5.71. The molecule has 1 aromatic rings. The van der Waals surface area contributed by atoms with E-state index in [-0.39, 0.29) is 11.4 Å². The molecule has 4 heteroatoms. The molecule has 0 saturated carbocycles. The highest BCUT2D eigenvalue weighted by molar-refractivity contribution is 6.48. The van der Waals surface area contributed by atoms with Crippen molar-refractivity contribution in [2.75, 3.05) is 0 Å². The third kappa shape index (κ3) is 4.94. The van der Waals surface area contributed by atoms with E-state index in [9.17, 15) is 4.79 Å². The monoisotopic (exact) mass is 304 g/mol. The number of rotatable bonds is 3. The lowest BCUT2D eigenvalue weighted by molar-refractivity contribution is -0.131. The van der Waals surface area contributed by atoms with E-state index in [2.05, 4.69) is 6.08 Å². The van der Waals surface area contributed by atoms with Gasteiger partial charge in [0.15, 0.2) is 0 Å². The van der Waals surface area contributed by atoms with Gasteiger partial charge in [-0.1, -0.05) is 45.0 Å². The van der Waals surface area contributed by atoms with Gasteiger partial charge < -0.3 is 4.74 Å². The number of para-hydroxylation sites is 1. The molecule has 0 unspecified atom stereocenters. The maximum absolute atomic E-state index is 12.5. The van der Waals surface area contributed by atoms with Gasteiger partial charge in [0.2, 0.25) is 0 Å². The van der Waals surface area contributed by atoms with Gasteiger partial charge in [0, 0.05) is 26.1 Å². The fourth-order valence-electron chi connectivity index (χ4n) is 2.21. The van der Waals surface area contributed by atoms with E-state index in [1.807, 2.05) is 45.9 Å². The molecule has 1 rings (SSSR count). The first-order valence-corrected chi connectivity index (χ1v) is 8.85. The van der Waals surface area contributed by atoms with E-state index in [1.165, 1.54) is 4.82 Å². The normalized spacial score (nSPS) is 12.8. The van der Waals surface area contributed by atoms with Crippen LogP contribution in [0.3, 0.4) is 0 Å². The first-order chi connectivity index (χ1) is 9.21. The molecule has 0 fully saturated rings. The maximum Gasteiger partial charge on any atom is 0.340 e. The van der Waals surface area contributed by atoms with Crippen molar-refractivity contribution in [1.82, 2.24) is 0 Å². The topological polar surface area (TPSA) is 26.3 Å². The van der Waals surface area contributed by atoms with E-state index in [0.717, 1.165) is 31.6 Å². The van der Waals surface area contributed by atoms with Crippen LogP contribution < -0.4 is 4.74 Å². The quantitative estimate of drug-likeness (QED) is 0.278. The molecular formula is C16H24O2Si2. The van der Waals surface area contributed by atoms with Crippen LogP contribution in [0.2, 0.25) is 0 Å². The minimum absolute atomic E-state index is 0.231. The molecular weight excluding hydrogens is 280 g/mol. The van der Waals surface area contributed by atoms with Crippen molar-refractivity contribution >= 4 is 26.5 Å². The van der Waals surface area contributed by atoms with Crippen molar-refractivity contribution in [2.45, 2.75) is 27.7 Å². The summed E-state index contributed by atoms with van der Waals surface area (Å²) in [5, 5.41) is 0. The smallest absolute Gasteiger partial charge is 0.340 e. The van der Waals surface area contributed by atoms with Crippen LogP contribution in [0, 0.1) is 5.41 Å². The Morgan fingerprint density at radius 1 is 1.15 bits per heavy atom. The van der Waals surface area contributed by atoms with E-state index >= 15 is 0 Å². The molecule has 0 N–H and O–H groups in total. The molecule has 20 heavy (non-hydrogen) atoms. The summed E-state index contributed by atoms with van der Waals surface area (Å²) in [4.78, 5) is 13.9. The number of allylic oxidation sites excluding steroid dienone is 2. The Balaban J connectivity index is 3.14. The molecule has 0 bridgehead atoms. The first kappa shape index (κ1) is 16.7. The minimum Gasteiger partial charge on any atom is -0.423 e. The SMILES string of the molecule is CC(C=C([SiH3])[SiH3])=C(C(=O)Oc1ccccc1)C(C)(C)C. The molecule has 1 aromatic carbocycles. The Hall–Kier alpha value is -1.40. The highest BCUT2D eigenvalue weighted by Gasteiger charge is 2.27. The average Bonchev–Trinajstić information content (AvgIpc) is 2.26. The summed E-state index contributed by atoms with van der Waals surface area (Å²) in [7, 11) is 2.12. The molecule has 0 radical (unpaired) electrons. The molecule has 0 spiro atoms. The summed E-state index contributed by atoms with van der Waals surface area (Å²) in [6.07, 6.45) is 2.14. The number of hydrogen-bond donors (Lipinski definition) is 0. The Bertz CT molecular complexity index is 533. The summed E-state index contributed by atoms with van der Waals surface area (Å²) >= 11 is 0. The average molecular weight is 305 g/mol. The Morgan fingerprint density at radius 2 is 1.70 bits per heavy atom. The van der Waals surface area contributed by atoms with Gasteiger partial charge in [-0.2, -0.15) is 0 Å². The van der Waals surface area contributed by atoms with Gasteiger partial charge in [0.1, 0.15) is 5.75 Å². The Morgan fingerprint density at radius 3 is 2.15 bits per heavy atom.